The third kappa shape index (κ3) is 7.04. The number of nitrogens with one attached hydrogen (secondary N) is 1. The summed E-state index contributed by atoms with van der Waals surface area (Å²) in [7, 11) is -3.69. The van der Waals surface area contributed by atoms with E-state index in [0.717, 1.165) is 60.2 Å². The van der Waals surface area contributed by atoms with Crippen molar-refractivity contribution in [2.75, 3.05) is 11.9 Å². The highest BCUT2D eigenvalue weighted by atomic mass is 32.2. The van der Waals surface area contributed by atoms with Crippen LogP contribution in [-0.4, -0.2) is 35.4 Å². The molecule has 2 amide bonds. The number of hydrogen-bond acceptors (Lipinski definition) is 4. The van der Waals surface area contributed by atoms with Crippen molar-refractivity contribution >= 4 is 21.6 Å². The number of imidazole rings is 1. The van der Waals surface area contributed by atoms with Crippen molar-refractivity contribution < 1.29 is 13.2 Å². The summed E-state index contributed by atoms with van der Waals surface area (Å²) in [6.07, 6.45) is 6.76. The first kappa shape index (κ1) is 27.9. The maximum atomic E-state index is 13.7. The molecule has 8 heteroatoms. The van der Waals surface area contributed by atoms with Crippen molar-refractivity contribution in [3.63, 3.8) is 0 Å². The molecule has 0 aliphatic heterocycles. The lowest BCUT2D eigenvalue weighted by Gasteiger charge is -2.29. The third-order valence-electron chi connectivity index (χ3n) is 7.03. The van der Waals surface area contributed by atoms with E-state index in [1.165, 1.54) is 0 Å². The SMILES string of the molecule is Cc1ccc(NC(=O)N(Cc2cnc(S(=O)(=O)Cc3cccc(C)c3)n2C2CCCCC2)CC(C)C)cc1. The van der Waals surface area contributed by atoms with Crippen molar-refractivity contribution in [2.45, 2.75) is 83.3 Å². The maximum absolute atomic E-state index is 13.7. The number of amides is 2. The third-order valence-corrected chi connectivity index (χ3v) is 8.60. The van der Waals surface area contributed by atoms with Gasteiger partial charge in [0.05, 0.1) is 24.2 Å². The van der Waals surface area contributed by atoms with E-state index in [-0.39, 0.29) is 28.9 Å². The molecule has 3 aromatic rings. The highest BCUT2D eigenvalue weighted by Gasteiger charge is 2.30. The summed E-state index contributed by atoms with van der Waals surface area (Å²) in [4.78, 5) is 19.6. The molecule has 0 saturated heterocycles. The molecule has 1 heterocycles. The van der Waals surface area contributed by atoms with E-state index < -0.39 is 9.84 Å². The Balaban J connectivity index is 1.66. The number of rotatable bonds is 9. The largest absolute Gasteiger partial charge is 0.322 e. The number of sulfone groups is 1. The van der Waals surface area contributed by atoms with Crippen LogP contribution in [0.3, 0.4) is 0 Å². The topological polar surface area (TPSA) is 84.3 Å². The summed E-state index contributed by atoms with van der Waals surface area (Å²) in [6.45, 7) is 8.94. The zero-order valence-electron chi connectivity index (χ0n) is 23.0. The van der Waals surface area contributed by atoms with E-state index >= 15 is 0 Å². The Morgan fingerprint density at radius 3 is 2.42 bits per heavy atom. The van der Waals surface area contributed by atoms with Gasteiger partial charge in [-0.3, -0.25) is 0 Å². The molecule has 204 valence electrons. The molecule has 0 spiro atoms. The first-order valence-corrected chi connectivity index (χ1v) is 15.2. The van der Waals surface area contributed by atoms with Gasteiger partial charge in [-0.1, -0.05) is 80.6 Å². The Hall–Kier alpha value is -3.13. The lowest BCUT2D eigenvalue weighted by atomic mass is 9.95. The second-order valence-electron chi connectivity index (χ2n) is 11.0. The Morgan fingerprint density at radius 1 is 1.05 bits per heavy atom. The number of urea groups is 1. The number of aryl methyl sites for hydroxylation is 2. The Bertz CT molecular complexity index is 1340. The first-order valence-electron chi connectivity index (χ1n) is 13.6. The molecule has 0 unspecified atom stereocenters. The Morgan fingerprint density at radius 2 is 1.76 bits per heavy atom. The second kappa shape index (κ2) is 12.2. The maximum Gasteiger partial charge on any atom is 0.322 e. The van der Waals surface area contributed by atoms with Crippen LogP contribution in [0.4, 0.5) is 10.5 Å². The average Bonchev–Trinajstić information content (AvgIpc) is 3.30. The summed E-state index contributed by atoms with van der Waals surface area (Å²) in [6, 6.07) is 15.2. The van der Waals surface area contributed by atoms with Gasteiger partial charge in [0.15, 0.2) is 0 Å². The van der Waals surface area contributed by atoms with Crippen LogP contribution in [0.5, 0.6) is 0 Å². The van der Waals surface area contributed by atoms with Gasteiger partial charge in [-0.2, -0.15) is 0 Å². The van der Waals surface area contributed by atoms with E-state index in [1.807, 2.05) is 66.9 Å². The fraction of sp³-hybridized carbons (Fsp3) is 0.467. The highest BCUT2D eigenvalue weighted by molar-refractivity contribution is 7.90. The highest BCUT2D eigenvalue weighted by Crippen LogP contribution is 2.33. The molecule has 0 bridgehead atoms. The summed E-state index contributed by atoms with van der Waals surface area (Å²) >= 11 is 0. The van der Waals surface area contributed by atoms with Gasteiger partial charge in [-0.05, 0) is 50.3 Å². The number of carbonyl (C=O) groups is 1. The summed E-state index contributed by atoms with van der Waals surface area (Å²) < 4.78 is 29.3. The van der Waals surface area contributed by atoms with Gasteiger partial charge in [0.2, 0.25) is 15.0 Å². The molecule has 38 heavy (non-hydrogen) atoms. The predicted molar refractivity (Wildman–Crippen MR) is 152 cm³/mol. The molecule has 1 N–H and O–H groups in total. The van der Waals surface area contributed by atoms with Crippen LogP contribution in [-0.2, 0) is 22.1 Å². The minimum absolute atomic E-state index is 0.0598. The molecule has 1 aliphatic rings. The number of nitrogens with zero attached hydrogens (tertiary/aromatic N) is 3. The fourth-order valence-corrected chi connectivity index (χ4v) is 6.76. The van der Waals surface area contributed by atoms with Crippen molar-refractivity contribution in [2.24, 2.45) is 5.92 Å². The van der Waals surface area contributed by atoms with Crippen LogP contribution in [0.15, 0.2) is 59.9 Å². The zero-order valence-corrected chi connectivity index (χ0v) is 23.8. The molecule has 7 nitrogen and oxygen atoms in total. The molecule has 4 rings (SSSR count). The molecule has 1 saturated carbocycles. The van der Waals surface area contributed by atoms with Gasteiger partial charge in [0, 0.05) is 18.3 Å². The quantitative estimate of drug-likeness (QED) is 0.331. The van der Waals surface area contributed by atoms with Crippen LogP contribution >= 0.6 is 0 Å². The molecular formula is C30H40N4O3S. The lowest BCUT2D eigenvalue weighted by molar-refractivity contribution is 0.198. The van der Waals surface area contributed by atoms with Crippen LogP contribution in [0.1, 0.15) is 74.4 Å². The summed E-state index contributed by atoms with van der Waals surface area (Å²) in [5.41, 5.74) is 4.40. The van der Waals surface area contributed by atoms with Crippen LogP contribution < -0.4 is 5.32 Å². The fourth-order valence-electron chi connectivity index (χ4n) is 5.23. The first-order chi connectivity index (χ1) is 18.1. The van der Waals surface area contributed by atoms with Gasteiger partial charge < -0.3 is 14.8 Å². The van der Waals surface area contributed by atoms with E-state index in [2.05, 4.69) is 24.1 Å². The minimum atomic E-state index is -3.69. The van der Waals surface area contributed by atoms with Gasteiger partial charge >= 0.3 is 6.03 Å². The van der Waals surface area contributed by atoms with Gasteiger partial charge in [-0.15, -0.1) is 0 Å². The van der Waals surface area contributed by atoms with Crippen LogP contribution in [0.2, 0.25) is 0 Å². The Labute approximate surface area is 227 Å². The molecule has 1 fully saturated rings. The molecule has 1 aromatic heterocycles. The molecule has 1 aliphatic carbocycles. The summed E-state index contributed by atoms with van der Waals surface area (Å²) in [5.74, 6) is 0.149. The standard InChI is InChI=1S/C30H40N4O3S/c1-22(2)19-33(29(35)32-26-15-13-23(3)14-16-26)20-28-18-31-30(34(28)27-11-6-5-7-12-27)38(36,37)21-25-10-8-9-24(4)17-25/h8-10,13-18,22,27H,5-7,11-12,19-21H2,1-4H3,(H,32,35). The van der Waals surface area contributed by atoms with Gasteiger partial charge in [-0.25, -0.2) is 18.2 Å². The molecule has 2 aromatic carbocycles. The average molecular weight is 537 g/mol. The predicted octanol–water partition coefficient (Wildman–Crippen LogP) is 6.67. The minimum Gasteiger partial charge on any atom is -0.318 e. The number of aromatic nitrogens is 2. The molecule has 0 radical (unpaired) electrons. The normalized spacial score (nSPS) is 14.6. The van der Waals surface area contributed by atoms with Crippen LogP contribution in [0.25, 0.3) is 0 Å². The Kier molecular flexibility index (Phi) is 8.92. The van der Waals surface area contributed by atoms with E-state index in [0.29, 0.717) is 13.1 Å². The monoisotopic (exact) mass is 536 g/mol. The number of benzene rings is 2. The number of anilines is 1. The van der Waals surface area contributed by atoms with Crippen molar-refractivity contribution in [3.05, 3.63) is 77.1 Å². The van der Waals surface area contributed by atoms with Crippen molar-refractivity contribution in [3.8, 4) is 0 Å². The van der Waals surface area contributed by atoms with E-state index in [4.69, 9.17) is 0 Å². The second-order valence-corrected chi connectivity index (χ2v) is 12.9. The smallest absolute Gasteiger partial charge is 0.318 e. The van der Waals surface area contributed by atoms with Crippen molar-refractivity contribution in [1.82, 2.24) is 14.5 Å². The van der Waals surface area contributed by atoms with E-state index in [9.17, 15) is 13.2 Å². The van der Waals surface area contributed by atoms with Crippen LogP contribution in [0, 0.1) is 19.8 Å². The van der Waals surface area contributed by atoms with E-state index in [1.54, 1.807) is 11.1 Å². The molecular weight excluding hydrogens is 496 g/mol. The van der Waals surface area contributed by atoms with Gasteiger partial charge in [0.1, 0.15) is 0 Å². The molecule has 0 atom stereocenters. The zero-order chi connectivity index (χ0) is 27.3. The lowest BCUT2D eigenvalue weighted by Crippen LogP contribution is -2.38. The van der Waals surface area contributed by atoms with Gasteiger partial charge in [0.25, 0.3) is 0 Å². The van der Waals surface area contributed by atoms with Crippen molar-refractivity contribution in [1.29, 1.82) is 0 Å². The number of hydrogen-bond donors (Lipinski definition) is 1. The summed E-state index contributed by atoms with van der Waals surface area (Å²) in [5, 5.41) is 3.12. The number of carbonyl (C=O) groups excluding carboxylic acids is 1.